The van der Waals surface area contributed by atoms with Crippen LogP contribution in [0.4, 0.5) is 11.4 Å². The molecule has 26 heavy (non-hydrogen) atoms. The minimum atomic E-state index is -3.66. The summed E-state index contributed by atoms with van der Waals surface area (Å²) in [6.45, 7) is 1.58. The monoisotopic (exact) mass is 374 g/mol. The summed E-state index contributed by atoms with van der Waals surface area (Å²) in [5.41, 5.74) is 1.15. The lowest BCUT2D eigenvalue weighted by Crippen LogP contribution is -2.30. The second-order valence-corrected chi connectivity index (χ2v) is 7.88. The topological polar surface area (TPSA) is 92.8 Å². The van der Waals surface area contributed by atoms with Crippen molar-refractivity contribution in [3.8, 4) is 5.75 Å². The van der Waals surface area contributed by atoms with Crippen LogP contribution in [0.2, 0.25) is 0 Å². The smallest absolute Gasteiger partial charge is 0.255 e. The fourth-order valence-corrected chi connectivity index (χ4v) is 4.56. The number of nitrogens with one attached hydrogen (secondary N) is 1. The van der Waals surface area contributed by atoms with Crippen LogP contribution in [0.5, 0.6) is 5.75 Å². The molecular weight excluding hydrogens is 356 g/mol. The number of rotatable bonds is 4. The average Bonchev–Trinajstić information content (AvgIpc) is 2.82. The van der Waals surface area contributed by atoms with E-state index in [1.807, 2.05) is 0 Å². The molecule has 8 heteroatoms. The highest BCUT2D eigenvalue weighted by Gasteiger charge is 2.41. The van der Waals surface area contributed by atoms with Crippen molar-refractivity contribution in [1.82, 2.24) is 0 Å². The van der Waals surface area contributed by atoms with Gasteiger partial charge in [0.1, 0.15) is 5.75 Å². The molecule has 3 rings (SSSR count). The van der Waals surface area contributed by atoms with Crippen molar-refractivity contribution in [2.45, 2.75) is 6.92 Å². The van der Waals surface area contributed by atoms with E-state index >= 15 is 0 Å². The maximum atomic E-state index is 12.3. The molecule has 0 saturated carbocycles. The molecule has 2 aromatic carbocycles. The molecule has 136 valence electrons. The van der Waals surface area contributed by atoms with Gasteiger partial charge in [0, 0.05) is 17.3 Å². The number of carbonyl (C=O) groups is 2. The zero-order chi connectivity index (χ0) is 18.9. The Morgan fingerprint density at radius 2 is 1.88 bits per heavy atom. The summed E-state index contributed by atoms with van der Waals surface area (Å²) in [6, 6.07) is 12.8. The summed E-state index contributed by atoms with van der Waals surface area (Å²) in [5.74, 6) is -0.974. The summed E-state index contributed by atoms with van der Waals surface area (Å²) in [6.07, 6.45) is 0. The first-order valence-corrected chi connectivity index (χ1v) is 9.55. The number of carbonyl (C=O) groups excluding carboxylic acids is 2. The van der Waals surface area contributed by atoms with E-state index in [1.54, 1.807) is 31.2 Å². The van der Waals surface area contributed by atoms with Gasteiger partial charge < -0.3 is 10.1 Å². The minimum Gasteiger partial charge on any atom is -0.497 e. The Kier molecular flexibility index (Phi) is 4.69. The van der Waals surface area contributed by atoms with Crippen LogP contribution in [0.1, 0.15) is 17.3 Å². The summed E-state index contributed by atoms with van der Waals surface area (Å²) in [4.78, 5) is 24.4. The van der Waals surface area contributed by atoms with E-state index in [-0.39, 0.29) is 17.3 Å². The first-order valence-electron chi connectivity index (χ1n) is 7.94. The maximum Gasteiger partial charge on any atom is 0.255 e. The van der Waals surface area contributed by atoms with Gasteiger partial charge in [0.15, 0.2) is 0 Å². The van der Waals surface area contributed by atoms with E-state index in [4.69, 9.17) is 4.74 Å². The molecule has 0 bridgehead atoms. The molecule has 2 amide bonds. The number of sulfonamides is 1. The second kappa shape index (κ2) is 6.80. The van der Waals surface area contributed by atoms with E-state index in [1.165, 1.54) is 31.4 Å². The first kappa shape index (κ1) is 17.9. The highest BCUT2D eigenvalue weighted by atomic mass is 32.2. The third kappa shape index (κ3) is 3.41. The largest absolute Gasteiger partial charge is 0.497 e. The molecular formula is C18H18N2O5S. The van der Waals surface area contributed by atoms with Crippen LogP contribution in [-0.4, -0.2) is 33.1 Å². The van der Waals surface area contributed by atoms with Crippen molar-refractivity contribution in [3.63, 3.8) is 0 Å². The lowest BCUT2D eigenvalue weighted by Gasteiger charge is -2.15. The fraction of sp³-hybridized carbons (Fsp3) is 0.222. The van der Waals surface area contributed by atoms with Gasteiger partial charge in [-0.1, -0.05) is 13.0 Å². The van der Waals surface area contributed by atoms with Crippen LogP contribution in [0.25, 0.3) is 0 Å². The van der Waals surface area contributed by atoms with Crippen LogP contribution in [0.3, 0.4) is 0 Å². The van der Waals surface area contributed by atoms with Crippen molar-refractivity contribution in [2.24, 2.45) is 5.92 Å². The van der Waals surface area contributed by atoms with Gasteiger partial charge in [-0.05, 0) is 36.4 Å². The predicted octanol–water partition coefficient (Wildman–Crippen LogP) is 2.26. The molecule has 0 spiro atoms. The Morgan fingerprint density at radius 1 is 1.19 bits per heavy atom. The lowest BCUT2D eigenvalue weighted by molar-refractivity contribution is -0.119. The lowest BCUT2D eigenvalue weighted by atomic mass is 10.1. The van der Waals surface area contributed by atoms with Crippen LogP contribution in [-0.2, 0) is 14.8 Å². The fourth-order valence-electron chi connectivity index (χ4n) is 2.74. The number of ether oxygens (including phenoxy) is 1. The molecule has 1 aliphatic heterocycles. The standard InChI is InChI=1S/C18H18N2O5S/c1-12-11-26(23,24)20(18(12)22)15-8-6-13(7-9-15)17(21)19-14-4-3-5-16(10-14)25-2/h3-10,12H,11H2,1-2H3,(H,19,21). The van der Waals surface area contributed by atoms with Crippen molar-refractivity contribution in [3.05, 3.63) is 54.1 Å². The van der Waals surface area contributed by atoms with Gasteiger partial charge in [0.05, 0.1) is 24.5 Å². The van der Waals surface area contributed by atoms with Crippen molar-refractivity contribution in [2.75, 3.05) is 22.5 Å². The SMILES string of the molecule is COc1cccc(NC(=O)c2ccc(N3C(=O)C(C)CS3(=O)=O)cc2)c1. The maximum absolute atomic E-state index is 12.3. The molecule has 0 radical (unpaired) electrons. The summed E-state index contributed by atoms with van der Waals surface area (Å²) >= 11 is 0. The summed E-state index contributed by atoms with van der Waals surface area (Å²) < 4.78 is 30.1. The number of anilines is 2. The van der Waals surface area contributed by atoms with Crippen LogP contribution < -0.4 is 14.4 Å². The highest BCUT2D eigenvalue weighted by molar-refractivity contribution is 7.94. The van der Waals surface area contributed by atoms with E-state index < -0.39 is 21.8 Å². The Hall–Kier alpha value is -2.87. The first-order chi connectivity index (χ1) is 12.3. The zero-order valence-electron chi connectivity index (χ0n) is 14.3. The molecule has 1 aliphatic rings. The van der Waals surface area contributed by atoms with Gasteiger partial charge in [-0.2, -0.15) is 0 Å². The summed E-state index contributed by atoms with van der Waals surface area (Å²) in [7, 11) is -2.12. The Balaban J connectivity index is 1.79. The third-order valence-corrected chi connectivity index (χ3v) is 5.92. The van der Waals surface area contributed by atoms with Gasteiger partial charge >= 0.3 is 0 Å². The number of benzene rings is 2. The van der Waals surface area contributed by atoms with E-state index in [2.05, 4.69) is 5.32 Å². The molecule has 2 aromatic rings. The van der Waals surface area contributed by atoms with E-state index in [9.17, 15) is 18.0 Å². The molecule has 1 fully saturated rings. The van der Waals surface area contributed by atoms with Gasteiger partial charge in [0.2, 0.25) is 15.9 Å². The van der Waals surface area contributed by atoms with Crippen molar-refractivity contribution in [1.29, 1.82) is 0 Å². The van der Waals surface area contributed by atoms with E-state index in [0.717, 1.165) is 4.31 Å². The highest BCUT2D eigenvalue weighted by Crippen LogP contribution is 2.28. The summed E-state index contributed by atoms with van der Waals surface area (Å²) in [5, 5.41) is 2.74. The molecule has 1 saturated heterocycles. The number of methoxy groups -OCH3 is 1. The van der Waals surface area contributed by atoms with Crippen molar-refractivity contribution < 1.29 is 22.7 Å². The minimum absolute atomic E-state index is 0.204. The molecule has 0 aromatic heterocycles. The van der Waals surface area contributed by atoms with Crippen LogP contribution in [0, 0.1) is 5.92 Å². The molecule has 1 atom stereocenters. The average molecular weight is 374 g/mol. The van der Waals surface area contributed by atoms with Crippen LogP contribution in [0.15, 0.2) is 48.5 Å². The normalized spacial score (nSPS) is 18.6. The number of amides is 2. The Morgan fingerprint density at radius 3 is 2.46 bits per heavy atom. The quantitative estimate of drug-likeness (QED) is 0.886. The number of hydrogen-bond donors (Lipinski definition) is 1. The molecule has 0 aliphatic carbocycles. The Bertz CT molecular complexity index is 954. The van der Waals surface area contributed by atoms with Gasteiger partial charge in [0.25, 0.3) is 5.91 Å². The number of nitrogens with zero attached hydrogens (tertiary/aromatic N) is 1. The zero-order valence-corrected chi connectivity index (χ0v) is 15.1. The van der Waals surface area contributed by atoms with E-state index in [0.29, 0.717) is 17.0 Å². The van der Waals surface area contributed by atoms with Crippen LogP contribution >= 0.6 is 0 Å². The Labute approximate surface area is 151 Å². The molecule has 7 nitrogen and oxygen atoms in total. The van der Waals surface area contributed by atoms with Gasteiger partial charge in [-0.15, -0.1) is 0 Å². The second-order valence-electron chi connectivity index (χ2n) is 6.02. The number of hydrogen-bond acceptors (Lipinski definition) is 5. The molecule has 1 unspecified atom stereocenters. The predicted molar refractivity (Wildman–Crippen MR) is 97.8 cm³/mol. The van der Waals surface area contributed by atoms with Crippen molar-refractivity contribution >= 4 is 33.2 Å². The third-order valence-electron chi connectivity index (χ3n) is 4.05. The van der Waals surface area contributed by atoms with Gasteiger partial charge in [-0.25, -0.2) is 12.7 Å². The molecule has 1 N–H and O–H groups in total. The van der Waals surface area contributed by atoms with Gasteiger partial charge in [-0.3, -0.25) is 9.59 Å². The molecule has 1 heterocycles.